The summed E-state index contributed by atoms with van der Waals surface area (Å²) < 4.78 is 13.6. The zero-order valence-electron chi connectivity index (χ0n) is 16.3. The lowest BCUT2D eigenvalue weighted by Gasteiger charge is -2.26. The molecule has 0 bridgehead atoms. The van der Waals surface area contributed by atoms with Gasteiger partial charge in [-0.3, -0.25) is 14.9 Å². The Hall–Kier alpha value is -3.80. The molecule has 148 valence electrons. The first-order valence-corrected chi connectivity index (χ1v) is 9.72. The minimum atomic E-state index is -0.365. The van der Waals surface area contributed by atoms with Crippen molar-refractivity contribution in [3.63, 3.8) is 0 Å². The highest BCUT2D eigenvalue weighted by molar-refractivity contribution is 6.00. The van der Waals surface area contributed by atoms with Gasteiger partial charge in [-0.25, -0.2) is 4.39 Å². The normalized spacial score (nSPS) is 15.5. The number of fused-ring (bicyclic) bond motifs is 1. The molecule has 2 aromatic carbocycles. The molecule has 1 aliphatic heterocycles. The summed E-state index contributed by atoms with van der Waals surface area (Å²) in [4.78, 5) is 19.2. The summed E-state index contributed by atoms with van der Waals surface area (Å²) in [6, 6.07) is 17.8. The van der Waals surface area contributed by atoms with Crippen LogP contribution in [-0.2, 0) is 6.54 Å². The number of aromatic nitrogens is 3. The van der Waals surface area contributed by atoms with Crippen LogP contribution in [0.1, 0.15) is 38.8 Å². The van der Waals surface area contributed by atoms with Crippen molar-refractivity contribution >= 4 is 5.91 Å². The smallest absolute Gasteiger partial charge is 0.273 e. The highest BCUT2D eigenvalue weighted by atomic mass is 19.1. The molecule has 30 heavy (non-hydrogen) atoms. The highest BCUT2D eigenvalue weighted by Crippen LogP contribution is 2.43. The molecule has 1 N–H and O–H groups in total. The number of hydrogen-bond acceptors (Lipinski definition) is 3. The molecule has 4 aromatic rings. The molecule has 1 atom stereocenters. The van der Waals surface area contributed by atoms with Crippen molar-refractivity contribution in [2.75, 3.05) is 0 Å². The predicted octanol–water partition coefficient (Wildman–Crippen LogP) is 4.66. The number of benzene rings is 2. The van der Waals surface area contributed by atoms with Crippen molar-refractivity contribution in [3.8, 4) is 11.3 Å². The SMILES string of the molecule is Cc1ccc(-c2n[nH]c3c2C(c2ccc(F)cc2)N(Cc2ccncc2)C3=O)cc1. The van der Waals surface area contributed by atoms with E-state index in [-0.39, 0.29) is 17.8 Å². The molecule has 1 aliphatic rings. The van der Waals surface area contributed by atoms with E-state index in [0.717, 1.165) is 33.5 Å². The van der Waals surface area contributed by atoms with Crippen LogP contribution in [0.4, 0.5) is 4.39 Å². The number of pyridine rings is 1. The average molecular weight is 398 g/mol. The van der Waals surface area contributed by atoms with Crippen LogP contribution in [0.2, 0.25) is 0 Å². The van der Waals surface area contributed by atoms with Gasteiger partial charge in [0.2, 0.25) is 0 Å². The molecule has 0 radical (unpaired) electrons. The number of aryl methyl sites for hydroxylation is 1. The highest BCUT2D eigenvalue weighted by Gasteiger charge is 2.42. The molecule has 0 saturated heterocycles. The predicted molar refractivity (Wildman–Crippen MR) is 111 cm³/mol. The molecule has 0 saturated carbocycles. The van der Waals surface area contributed by atoms with E-state index >= 15 is 0 Å². The molecule has 3 heterocycles. The molecule has 1 unspecified atom stereocenters. The summed E-state index contributed by atoms with van der Waals surface area (Å²) in [5.74, 6) is -0.433. The van der Waals surface area contributed by atoms with Crippen LogP contribution in [0.5, 0.6) is 0 Å². The first-order valence-electron chi connectivity index (χ1n) is 9.72. The third-order valence-electron chi connectivity index (χ3n) is 5.48. The van der Waals surface area contributed by atoms with Gasteiger partial charge in [0.25, 0.3) is 5.91 Å². The maximum absolute atomic E-state index is 13.6. The Morgan fingerprint density at radius 2 is 1.70 bits per heavy atom. The Morgan fingerprint density at radius 3 is 2.40 bits per heavy atom. The van der Waals surface area contributed by atoms with E-state index in [4.69, 9.17) is 0 Å². The Balaban J connectivity index is 1.64. The van der Waals surface area contributed by atoms with E-state index in [2.05, 4.69) is 15.2 Å². The van der Waals surface area contributed by atoms with E-state index in [0.29, 0.717) is 12.2 Å². The molecular formula is C24H19FN4O. The van der Waals surface area contributed by atoms with Crippen LogP contribution in [0, 0.1) is 12.7 Å². The number of aromatic amines is 1. The van der Waals surface area contributed by atoms with Gasteiger partial charge in [0.15, 0.2) is 0 Å². The van der Waals surface area contributed by atoms with E-state index in [9.17, 15) is 9.18 Å². The van der Waals surface area contributed by atoms with E-state index in [1.165, 1.54) is 12.1 Å². The molecule has 5 nitrogen and oxygen atoms in total. The summed E-state index contributed by atoms with van der Waals surface area (Å²) in [6.45, 7) is 2.44. The first kappa shape index (κ1) is 18.2. The lowest BCUT2D eigenvalue weighted by molar-refractivity contribution is 0.0730. The number of rotatable bonds is 4. The Bertz CT molecular complexity index is 1200. The molecule has 0 aliphatic carbocycles. The summed E-state index contributed by atoms with van der Waals surface area (Å²) in [6.07, 6.45) is 3.42. The fourth-order valence-corrected chi connectivity index (χ4v) is 3.97. The summed E-state index contributed by atoms with van der Waals surface area (Å²) >= 11 is 0. The van der Waals surface area contributed by atoms with Gasteiger partial charge in [-0.2, -0.15) is 5.10 Å². The fraction of sp³-hybridized carbons (Fsp3) is 0.125. The third kappa shape index (κ3) is 3.06. The molecule has 1 amide bonds. The number of halogens is 1. The first-order chi connectivity index (χ1) is 14.6. The van der Waals surface area contributed by atoms with Gasteiger partial charge >= 0.3 is 0 Å². The number of hydrogen-bond donors (Lipinski definition) is 1. The van der Waals surface area contributed by atoms with Crippen molar-refractivity contribution in [3.05, 3.63) is 107 Å². The van der Waals surface area contributed by atoms with Gasteiger partial charge in [-0.05, 0) is 42.3 Å². The standard InChI is InChI=1S/C24H19FN4O/c1-15-2-4-17(5-3-15)21-20-22(28-27-21)24(30)29(14-16-10-12-26-13-11-16)23(20)18-6-8-19(25)9-7-18/h2-13,23H,14H2,1H3,(H,27,28). The van der Waals surface area contributed by atoms with Crippen LogP contribution >= 0.6 is 0 Å². The second kappa shape index (κ2) is 7.22. The molecule has 5 rings (SSSR count). The van der Waals surface area contributed by atoms with Crippen molar-refractivity contribution in [2.45, 2.75) is 19.5 Å². The largest absolute Gasteiger partial charge is 0.322 e. The van der Waals surface area contributed by atoms with Crippen LogP contribution in [-0.4, -0.2) is 26.0 Å². The van der Waals surface area contributed by atoms with Gasteiger partial charge in [0.1, 0.15) is 11.5 Å². The van der Waals surface area contributed by atoms with Crippen LogP contribution < -0.4 is 0 Å². The van der Waals surface area contributed by atoms with Crippen molar-refractivity contribution in [2.24, 2.45) is 0 Å². The van der Waals surface area contributed by atoms with Gasteiger partial charge in [0, 0.05) is 30.1 Å². The maximum Gasteiger partial charge on any atom is 0.273 e. The van der Waals surface area contributed by atoms with Crippen molar-refractivity contribution in [1.29, 1.82) is 0 Å². The summed E-state index contributed by atoms with van der Waals surface area (Å²) in [5, 5.41) is 7.41. The van der Waals surface area contributed by atoms with Gasteiger partial charge < -0.3 is 4.90 Å². The molecule has 6 heteroatoms. The van der Waals surface area contributed by atoms with Crippen LogP contribution in [0.15, 0.2) is 73.1 Å². The zero-order valence-corrected chi connectivity index (χ0v) is 16.3. The lowest BCUT2D eigenvalue weighted by atomic mass is 9.95. The Morgan fingerprint density at radius 1 is 1.00 bits per heavy atom. The van der Waals surface area contributed by atoms with Crippen LogP contribution in [0.3, 0.4) is 0 Å². The Kier molecular flexibility index (Phi) is 4.39. The molecule has 0 fully saturated rings. The Labute approximate surface area is 173 Å². The third-order valence-corrected chi connectivity index (χ3v) is 5.48. The molecular weight excluding hydrogens is 379 g/mol. The molecule has 0 spiro atoms. The summed E-state index contributed by atoms with van der Waals surface area (Å²) in [5.41, 5.74) is 5.94. The molecule has 2 aromatic heterocycles. The summed E-state index contributed by atoms with van der Waals surface area (Å²) in [7, 11) is 0. The number of amides is 1. The monoisotopic (exact) mass is 398 g/mol. The minimum Gasteiger partial charge on any atom is -0.322 e. The van der Waals surface area contributed by atoms with Gasteiger partial charge in [-0.1, -0.05) is 42.0 Å². The number of carbonyl (C=O) groups is 1. The lowest BCUT2D eigenvalue weighted by Crippen LogP contribution is -2.29. The number of carbonyl (C=O) groups excluding carboxylic acids is 1. The van der Waals surface area contributed by atoms with E-state index in [1.807, 2.05) is 43.3 Å². The number of H-pyrrole nitrogens is 1. The van der Waals surface area contributed by atoms with Gasteiger partial charge in [0.05, 0.1) is 11.7 Å². The fourth-order valence-electron chi connectivity index (χ4n) is 3.97. The second-order valence-corrected chi connectivity index (χ2v) is 7.47. The zero-order chi connectivity index (χ0) is 20.7. The van der Waals surface area contributed by atoms with Crippen LogP contribution in [0.25, 0.3) is 11.3 Å². The average Bonchev–Trinajstić information content (AvgIpc) is 3.30. The number of nitrogens with one attached hydrogen (secondary N) is 1. The maximum atomic E-state index is 13.6. The van der Waals surface area contributed by atoms with E-state index in [1.54, 1.807) is 29.4 Å². The second-order valence-electron chi connectivity index (χ2n) is 7.47. The van der Waals surface area contributed by atoms with E-state index < -0.39 is 0 Å². The van der Waals surface area contributed by atoms with Crippen molar-refractivity contribution in [1.82, 2.24) is 20.1 Å². The quantitative estimate of drug-likeness (QED) is 0.544. The van der Waals surface area contributed by atoms with Crippen molar-refractivity contribution < 1.29 is 9.18 Å². The minimum absolute atomic E-state index is 0.123. The number of nitrogens with zero attached hydrogens (tertiary/aromatic N) is 3. The topological polar surface area (TPSA) is 61.9 Å². The van der Waals surface area contributed by atoms with Gasteiger partial charge in [-0.15, -0.1) is 0 Å².